The fourth-order valence-electron chi connectivity index (χ4n) is 5.78. The Labute approximate surface area is 295 Å². The van der Waals surface area contributed by atoms with E-state index in [9.17, 15) is 18.0 Å². The van der Waals surface area contributed by atoms with Crippen LogP contribution in [0.2, 0.25) is 10.0 Å². The van der Waals surface area contributed by atoms with Gasteiger partial charge in [-0.15, -0.1) is 0 Å². The van der Waals surface area contributed by atoms with Crippen molar-refractivity contribution in [1.82, 2.24) is 10.2 Å². The van der Waals surface area contributed by atoms with Crippen molar-refractivity contribution in [3.63, 3.8) is 0 Å². The molecule has 1 saturated carbocycles. The molecule has 1 aliphatic carbocycles. The highest BCUT2D eigenvalue weighted by Crippen LogP contribution is 2.28. The molecule has 246 valence electrons. The van der Waals surface area contributed by atoms with Crippen LogP contribution >= 0.6 is 39.1 Å². The first-order valence-corrected chi connectivity index (χ1v) is 18.5. The molecule has 0 spiro atoms. The van der Waals surface area contributed by atoms with Crippen LogP contribution in [-0.4, -0.2) is 43.8 Å². The molecule has 1 fully saturated rings. The highest BCUT2D eigenvalue weighted by molar-refractivity contribution is 9.10. The van der Waals surface area contributed by atoms with Crippen LogP contribution in [0.25, 0.3) is 0 Å². The maximum atomic E-state index is 14.6. The number of sulfonamides is 1. The van der Waals surface area contributed by atoms with Gasteiger partial charge in [0.05, 0.1) is 10.6 Å². The average Bonchev–Trinajstić information content (AvgIpc) is 3.07. The molecule has 0 aromatic heterocycles. The quantitative estimate of drug-likeness (QED) is 0.159. The van der Waals surface area contributed by atoms with Gasteiger partial charge in [-0.2, -0.15) is 0 Å². The fraction of sp³-hybridized carbons (Fsp3) is 0.278. The number of carbonyl (C=O) groups excluding carboxylic acids is 2. The summed E-state index contributed by atoms with van der Waals surface area (Å²) in [6.07, 6.45) is 5.22. The lowest BCUT2D eigenvalue weighted by Crippen LogP contribution is -2.55. The fourth-order valence-corrected chi connectivity index (χ4v) is 7.76. The van der Waals surface area contributed by atoms with Crippen molar-refractivity contribution in [2.75, 3.05) is 10.8 Å². The second kappa shape index (κ2) is 16.2. The van der Waals surface area contributed by atoms with Crippen LogP contribution in [0.5, 0.6) is 0 Å². The van der Waals surface area contributed by atoms with E-state index in [1.807, 2.05) is 54.6 Å². The van der Waals surface area contributed by atoms with Crippen LogP contribution in [0.3, 0.4) is 0 Å². The predicted octanol–water partition coefficient (Wildman–Crippen LogP) is 8.04. The van der Waals surface area contributed by atoms with Crippen molar-refractivity contribution in [2.24, 2.45) is 0 Å². The van der Waals surface area contributed by atoms with Gasteiger partial charge in [-0.1, -0.05) is 107 Å². The zero-order valence-electron chi connectivity index (χ0n) is 25.7. The molecule has 0 aliphatic heterocycles. The van der Waals surface area contributed by atoms with Crippen molar-refractivity contribution in [3.05, 3.63) is 129 Å². The van der Waals surface area contributed by atoms with Gasteiger partial charge < -0.3 is 10.2 Å². The summed E-state index contributed by atoms with van der Waals surface area (Å²) in [6, 6.07) is 28.2. The summed E-state index contributed by atoms with van der Waals surface area (Å²) in [6.45, 7) is -0.476. The SMILES string of the molecule is O=C(NC1CCCCC1)[C@@H](Cc1ccccc1)N(Cc1ccc(Br)cc1)C(=O)CN(c1cccc(Cl)c1)S(=O)(=O)c1ccc(Cl)cc1. The van der Waals surface area contributed by atoms with Crippen LogP contribution in [0, 0.1) is 0 Å². The third-order valence-corrected chi connectivity index (χ3v) is 11.1. The lowest BCUT2D eigenvalue weighted by molar-refractivity contribution is -0.140. The smallest absolute Gasteiger partial charge is 0.264 e. The first kappa shape index (κ1) is 35.0. The summed E-state index contributed by atoms with van der Waals surface area (Å²) < 4.78 is 30.2. The summed E-state index contributed by atoms with van der Waals surface area (Å²) in [4.78, 5) is 30.3. The number of amides is 2. The number of hydrogen-bond donors (Lipinski definition) is 1. The van der Waals surface area contributed by atoms with Crippen LogP contribution in [0.1, 0.15) is 43.2 Å². The Kier molecular flexibility index (Phi) is 12.0. The molecule has 47 heavy (non-hydrogen) atoms. The Morgan fingerprint density at radius 1 is 0.809 bits per heavy atom. The summed E-state index contributed by atoms with van der Waals surface area (Å²) >= 11 is 15.8. The minimum Gasteiger partial charge on any atom is -0.352 e. The lowest BCUT2D eigenvalue weighted by atomic mass is 9.94. The molecule has 11 heteroatoms. The van der Waals surface area contributed by atoms with Gasteiger partial charge in [0, 0.05) is 33.5 Å². The van der Waals surface area contributed by atoms with Gasteiger partial charge in [0.15, 0.2) is 0 Å². The molecule has 4 aromatic rings. The molecule has 1 aliphatic rings. The van der Waals surface area contributed by atoms with E-state index in [1.165, 1.54) is 35.2 Å². The van der Waals surface area contributed by atoms with Crippen LogP contribution < -0.4 is 9.62 Å². The van der Waals surface area contributed by atoms with Crippen LogP contribution in [-0.2, 0) is 32.6 Å². The Morgan fingerprint density at radius 3 is 2.15 bits per heavy atom. The molecule has 1 N–H and O–H groups in total. The molecule has 7 nitrogen and oxygen atoms in total. The third-order valence-electron chi connectivity index (χ3n) is 8.27. The minimum atomic E-state index is -4.26. The van der Waals surface area contributed by atoms with Crippen LogP contribution in [0.15, 0.2) is 112 Å². The number of carbonyl (C=O) groups is 2. The summed E-state index contributed by atoms with van der Waals surface area (Å²) in [5.74, 6) is -0.800. The number of rotatable bonds is 12. The molecule has 0 bridgehead atoms. The normalized spacial score (nSPS) is 14.3. The van der Waals surface area contributed by atoms with E-state index in [0.717, 1.165) is 52.0 Å². The summed E-state index contributed by atoms with van der Waals surface area (Å²) in [5.41, 5.74) is 1.89. The van der Waals surface area contributed by atoms with Crippen LogP contribution in [0.4, 0.5) is 5.69 Å². The largest absolute Gasteiger partial charge is 0.352 e. The average molecular weight is 758 g/mol. The first-order valence-electron chi connectivity index (χ1n) is 15.5. The van der Waals surface area contributed by atoms with Gasteiger partial charge in [-0.05, 0) is 78.6 Å². The Morgan fingerprint density at radius 2 is 1.49 bits per heavy atom. The zero-order chi connectivity index (χ0) is 33.4. The van der Waals surface area contributed by atoms with Crippen molar-refractivity contribution in [2.45, 2.75) is 62.0 Å². The molecule has 0 unspecified atom stereocenters. The number of hydrogen-bond acceptors (Lipinski definition) is 4. The molecule has 4 aromatic carbocycles. The van der Waals surface area contributed by atoms with E-state index in [0.29, 0.717) is 10.0 Å². The molecule has 0 heterocycles. The maximum Gasteiger partial charge on any atom is 0.264 e. The molecule has 2 amide bonds. The first-order chi connectivity index (χ1) is 22.6. The molecular weight excluding hydrogens is 721 g/mol. The van der Waals surface area contributed by atoms with Crippen molar-refractivity contribution >= 4 is 66.7 Å². The standard InChI is InChI=1S/C36H36BrCl2N3O4S/c37-28-16-14-27(15-17-28)24-41(34(22-26-8-3-1-4-9-26)36(44)40-31-11-5-2-6-12-31)35(43)25-42(32-13-7-10-30(39)23-32)47(45,46)33-20-18-29(38)19-21-33/h1,3-4,7-10,13-21,23,31,34H,2,5-6,11-12,22,24-25H2,(H,40,44)/t34-/m1/s1. The predicted molar refractivity (Wildman–Crippen MR) is 191 cm³/mol. The molecule has 0 radical (unpaired) electrons. The molecule has 1 atom stereocenters. The van der Waals surface area contributed by atoms with E-state index in [2.05, 4.69) is 21.2 Å². The monoisotopic (exact) mass is 755 g/mol. The summed E-state index contributed by atoms with van der Waals surface area (Å²) in [7, 11) is -4.26. The highest BCUT2D eigenvalue weighted by Gasteiger charge is 2.35. The molecule has 0 saturated heterocycles. The topological polar surface area (TPSA) is 86.8 Å². The molecular formula is C36H36BrCl2N3O4S. The van der Waals surface area contributed by atoms with E-state index in [1.54, 1.807) is 18.2 Å². The lowest BCUT2D eigenvalue weighted by Gasteiger charge is -2.35. The van der Waals surface area contributed by atoms with E-state index in [4.69, 9.17) is 23.2 Å². The minimum absolute atomic E-state index is 0.0207. The Hall–Kier alpha value is -3.37. The third kappa shape index (κ3) is 9.38. The second-order valence-corrected chi connectivity index (χ2v) is 15.3. The number of nitrogens with zero attached hydrogens (tertiary/aromatic N) is 2. The molecule has 5 rings (SSSR count). The summed E-state index contributed by atoms with van der Waals surface area (Å²) in [5, 5.41) is 3.91. The number of benzene rings is 4. The van der Waals surface area contributed by atoms with Crippen molar-refractivity contribution < 1.29 is 18.0 Å². The van der Waals surface area contributed by atoms with Gasteiger partial charge in [0.2, 0.25) is 11.8 Å². The van der Waals surface area contributed by atoms with Gasteiger partial charge in [-0.25, -0.2) is 8.42 Å². The van der Waals surface area contributed by atoms with Gasteiger partial charge in [-0.3, -0.25) is 13.9 Å². The van der Waals surface area contributed by atoms with Crippen molar-refractivity contribution in [3.8, 4) is 0 Å². The number of halogens is 3. The Bertz CT molecular complexity index is 1770. The Balaban J connectivity index is 1.56. The maximum absolute atomic E-state index is 14.6. The van der Waals surface area contributed by atoms with E-state index in [-0.39, 0.29) is 35.5 Å². The van der Waals surface area contributed by atoms with E-state index >= 15 is 0 Å². The number of anilines is 1. The highest BCUT2D eigenvalue weighted by atomic mass is 79.9. The number of nitrogens with one attached hydrogen (secondary N) is 1. The van der Waals surface area contributed by atoms with Gasteiger partial charge >= 0.3 is 0 Å². The van der Waals surface area contributed by atoms with Crippen molar-refractivity contribution in [1.29, 1.82) is 0 Å². The van der Waals surface area contributed by atoms with Gasteiger partial charge in [0.1, 0.15) is 12.6 Å². The van der Waals surface area contributed by atoms with Gasteiger partial charge in [0.25, 0.3) is 10.0 Å². The second-order valence-electron chi connectivity index (χ2n) is 11.6. The van der Waals surface area contributed by atoms with E-state index < -0.39 is 28.5 Å². The zero-order valence-corrected chi connectivity index (χ0v) is 29.6.